The quantitative estimate of drug-likeness (QED) is 0.823. The van der Waals surface area contributed by atoms with E-state index in [0.717, 1.165) is 16.9 Å². The number of ether oxygens (including phenoxy) is 1. The van der Waals surface area contributed by atoms with Gasteiger partial charge >= 0.3 is 0 Å². The average Bonchev–Trinajstić information content (AvgIpc) is 2.51. The molecule has 116 valence electrons. The molecule has 0 bridgehead atoms. The molecule has 2 rings (SSSR count). The van der Waals surface area contributed by atoms with Crippen LogP contribution in [0.15, 0.2) is 48.5 Å². The third-order valence-corrected chi connectivity index (χ3v) is 3.22. The van der Waals surface area contributed by atoms with Crippen LogP contribution >= 0.6 is 0 Å². The van der Waals surface area contributed by atoms with Gasteiger partial charge in [-0.25, -0.2) is 0 Å². The van der Waals surface area contributed by atoms with E-state index in [1.54, 1.807) is 0 Å². The summed E-state index contributed by atoms with van der Waals surface area (Å²) in [5.74, 6) is 0.743. The van der Waals surface area contributed by atoms with Gasteiger partial charge in [0.25, 0.3) is 0 Å². The van der Waals surface area contributed by atoms with Crippen LogP contribution in [0.5, 0.6) is 5.75 Å². The van der Waals surface area contributed by atoms with E-state index in [2.05, 4.69) is 24.4 Å². The van der Waals surface area contributed by atoms with E-state index in [1.807, 2.05) is 36.4 Å². The Labute approximate surface area is 131 Å². The number of aryl methyl sites for hydroxylation is 1. The number of carbonyl (C=O) groups excluding carboxylic acids is 1. The summed E-state index contributed by atoms with van der Waals surface area (Å²) < 4.78 is 5.80. The smallest absolute Gasteiger partial charge is 0.224 e. The Morgan fingerprint density at radius 1 is 1.14 bits per heavy atom. The minimum atomic E-state index is -0.0266. The predicted octanol–water partition coefficient (Wildman–Crippen LogP) is 2.19. The molecular formula is C18H22N2O2. The number of amides is 1. The Morgan fingerprint density at radius 2 is 1.91 bits per heavy atom. The molecule has 3 N–H and O–H groups in total. The molecule has 0 aliphatic heterocycles. The molecule has 0 spiro atoms. The fourth-order valence-electron chi connectivity index (χ4n) is 2.17. The zero-order valence-electron chi connectivity index (χ0n) is 12.8. The van der Waals surface area contributed by atoms with Crippen LogP contribution in [0.3, 0.4) is 0 Å². The molecule has 0 aliphatic rings. The Bertz CT molecular complexity index is 626. The van der Waals surface area contributed by atoms with Gasteiger partial charge in [0, 0.05) is 13.1 Å². The Hall–Kier alpha value is -2.33. The van der Waals surface area contributed by atoms with Crippen LogP contribution < -0.4 is 15.8 Å². The maximum atomic E-state index is 11.7. The van der Waals surface area contributed by atoms with Crippen molar-refractivity contribution in [2.24, 2.45) is 5.73 Å². The summed E-state index contributed by atoms with van der Waals surface area (Å²) in [7, 11) is 0. The van der Waals surface area contributed by atoms with Gasteiger partial charge in [-0.3, -0.25) is 4.79 Å². The predicted molar refractivity (Wildman–Crippen MR) is 87.7 cm³/mol. The molecule has 4 nitrogen and oxygen atoms in total. The topological polar surface area (TPSA) is 64.3 Å². The highest BCUT2D eigenvalue weighted by atomic mass is 16.5. The van der Waals surface area contributed by atoms with Gasteiger partial charge in [0.2, 0.25) is 5.91 Å². The maximum absolute atomic E-state index is 11.7. The van der Waals surface area contributed by atoms with Crippen molar-refractivity contribution >= 4 is 5.91 Å². The number of nitrogens with two attached hydrogens (primary N) is 1. The number of hydrogen-bond acceptors (Lipinski definition) is 3. The minimum Gasteiger partial charge on any atom is -0.489 e. The molecule has 2 aromatic rings. The van der Waals surface area contributed by atoms with Crippen molar-refractivity contribution in [3.8, 4) is 5.75 Å². The molecule has 0 saturated carbocycles. The van der Waals surface area contributed by atoms with Crippen molar-refractivity contribution in [1.29, 1.82) is 0 Å². The van der Waals surface area contributed by atoms with Crippen LogP contribution in [-0.2, 0) is 17.8 Å². The maximum Gasteiger partial charge on any atom is 0.224 e. The van der Waals surface area contributed by atoms with Gasteiger partial charge < -0.3 is 15.8 Å². The Morgan fingerprint density at radius 3 is 2.68 bits per heavy atom. The second-order valence-corrected chi connectivity index (χ2v) is 5.24. The van der Waals surface area contributed by atoms with Crippen molar-refractivity contribution < 1.29 is 9.53 Å². The highest BCUT2D eigenvalue weighted by molar-refractivity contribution is 5.78. The Balaban J connectivity index is 1.92. The lowest BCUT2D eigenvalue weighted by Gasteiger charge is -2.09. The van der Waals surface area contributed by atoms with Crippen molar-refractivity contribution in [1.82, 2.24) is 5.32 Å². The second-order valence-electron chi connectivity index (χ2n) is 5.24. The van der Waals surface area contributed by atoms with Crippen LogP contribution in [0.1, 0.15) is 16.7 Å². The minimum absolute atomic E-state index is 0.0266. The molecule has 0 unspecified atom stereocenters. The molecule has 0 saturated heterocycles. The third kappa shape index (κ3) is 5.22. The van der Waals surface area contributed by atoms with Crippen LogP contribution in [0.2, 0.25) is 0 Å². The van der Waals surface area contributed by atoms with E-state index >= 15 is 0 Å². The highest BCUT2D eigenvalue weighted by Crippen LogP contribution is 2.16. The molecule has 0 aliphatic carbocycles. The van der Waals surface area contributed by atoms with Gasteiger partial charge in [-0.15, -0.1) is 0 Å². The fourth-order valence-corrected chi connectivity index (χ4v) is 2.17. The summed E-state index contributed by atoms with van der Waals surface area (Å²) in [6, 6.07) is 15.8. The number of carbonyl (C=O) groups is 1. The van der Waals surface area contributed by atoms with Gasteiger partial charge in [-0.2, -0.15) is 0 Å². The van der Waals surface area contributed by atoms with Crippen LogP contribution in [0.4, 0.5) is 0 Å². The van der Waals surface area contributed by atoms with E-state index in [4.69, 9.17) is 10.5 Å². The highest BCUT2D eigenvalue weighted by Gasteiger charge is 2.04. The average molecular weight is 298 g/mol. The van der Waals surface area contributed by atoms with Crippen molar-refractivity contribution in [3.05, 3.63) is 65.2 Å². The largest absolute Gasteiger partial charge is 0.489 e. The van der Waals surface area contributed by atoms with Gasteiger partial charge in [-0.05, 0) is 30.2 Å². The molecular weight excluding hydrogens is 276 g/mol. The summed E-state index contributed by atoms with van der Waals surface area (Å²) in [5, 5.41) is 2.76. The van der Waals surface area contributed by atoms with Gasteiger partial charge in [0.05, 0.1) is 6.42 Å². The zero-order chi connectivity index (χ0) is 15.8. The molecule has 4 heteroatoms. The molecule has 0 atom stereocenters. The first-order valence-electron chi connectivity index (χ1n) is 7.41. The molecule has 0 aromatic heterocycles. The lowest BCUT2D eigenvalue weighted by molar-refractivity contribution is -0.120. The second kappa shape index (κ2) is 8.20. The normalized spacial score (nSPS) is 10.3. The van der Waals surface area contributed by atoms with Gasteiger partial charge in [0.15, 0.2) is 0 Å². The zero-order valence-corrected chi connectivity index (χ0v) is 12.8. The standard InChI is InChI=1S/C18H22N2O2/c1-14-4-2-6-16(10-14)13-22-17-7-3-5-15(11-17)12-18(21)20-9-8-19/h2-7,10-11H,8-9,12-13,19H2,1H3,(H,20,21). The van der Waals surface area contributed by atoms with Gasteiger partial charge in [-0.1, -0.05) is 42.0 Å². The lowest BCUT2D eigenvalue weighted by Crippen LogP contribution is -2.30. The molecule has 0 radical (unpaired) electrons. The third-order valence-electron chi connectivity index (χ3n) is 3.22. The first kappa shape index (κ1) is 16.0. The molecule has 2 aromatic carbocycles. The summed E-state index contributed by atoms with van der Waals surface area (Å²) in [6.07, 6.45) is 0.335. The molecule has 0 heterocycles. The summed E-state index contributed by atoms with van der Waals surface area (Å²) in [4.78, 5) is 11.7. The van der Waals surface area contributed by atoms with E-state index in [1.165, 1.54) is 5.56 Å². The van der Waals surface area contributed by atoms with Crippen LogP contribution in [0, 0.1) is 6.92 Å². The first-order chi connectivity index (χ1) is 10.7. The summed E-state index contributed by atoms with van der Waals surface area (Å²) in [6.45, 7) is 3.53. The number of benzene rings is 2. The van der Waals surface area contributed by atoms with E-state index < -0.39 is 0 Å². The Kier molecular flexibility index (Phi) is 5.98. The van der Waals surface area contributed by atoms with Crippen molar-refractivity contribution in [2.45, 2.75) is 20.0 Å². The number of rotatable bonds is 7. The monoisotopic (exact) mass is 298 g/mol. The number of nitrogens with one attached hydrogen (secondary N) is 1. The number of hydrogen-bond donors (Lipinski definition) is 2. The van der Waals surface area contributed by atoms with Crippen molar-refractivity contribution in [3.63, 3.8) is 0 Å². The summed E-state index contributed by atoms with van der Waals surface area (Å²) in [5.41, 5.74) is 8.64. The molecule has 22 heavy (non-hydrogen) atoms. The van der Waals surface area contributed by atoms with E-state index in [0.29, 0.717) is 26.1 Å². The fraction of sp³-hybridized carbons (Fsp3) is 0.278. The SMILES string of the molecule is Cc1cccc(COc2cccc(CC(=O)NCCN)c2)c1. The van der Waals surface area contributed by atoms with Gasteiger partial charge in [0.1, 0.15) is 12.4 Å². The van der Waals surface area contributed by atoms with Crippen LogP contribution in [-0.4, -0.2) is 19.0 Å². The molecule has 0 fully saturated rings. The lowest BCUT2D eigenvalue weighted by atomic mass is 10.1. The summed E-state index contributed by atoms with van der Waals surface area (Å²) >= 11 is 0. The first-order valence-corrected chi connectivity index (χ1v) is 7.41. The van der Waals surface area contributed by atoms with Crippen LogP contribution in [0.25, 0.3) is 0 Å². The van der Waals surface area contributed by atoms with E-state index in [9.17, 15) is 4.79 Å². The van der Waals surface area contributed by atoms with Crippen molar-refractivity contribution in [2.75, 3.05) is 13.1 Å². The molecule has 1 amide bonds. The van der Waals surface area contributed by atoms with E-state index in [-0.39, 0.29) is 5.91 Å².